The first kappa shape index (κ1) is 36.2. The Morgan fingerprint density at radius 3 is 2.77 bits per heavy atom. The van der Waals surface area contributed by atoms with Crippen LogP contribution in [0.5, 0.6) is 0 Å². The van der Waals surface area contributed by atoms with Gasteiger partial charge < -0.3 is 29.1 Å². The number of urea groups is 1. The van der Waals surface area contributed by atoms with Gasteiger partial charge in [0.25, 0.3) is 5.91 Å². The second kappa shape index (κ2) is 14.7. The number of carbonyl (C=O) groups excluding carboxylic acids is 3. The second-order valence-corrected chi connectivity index (χ2v) is 16.0. The third-order valence-electron chi connectivity index (χ3n) is 10.6. The lowest BCUT2D eigenvalue weighted by Gasteiger charge is -2.42. The smallest absolute Gasteiger partial charge is 0.318 e. The third-order valence-corrected chi connectivity index (χ3v) is 11.5. The van der Waals surface area contributed by atoms with Gasteiger partial charge in [0.15, 0.2) is 0 Å². The molecule has 3 atom stereocenters. The van der Waals surface area contributed by atoms with E-state index in [-0.39, 0.29) is 36.5 Å². The average Bonchev–Trinajstić information content (AvgIpc) is 3.71. The van der Waals surface area contributed by atoms with Crippen molar-refractivity contribution < 1.29 is 23.9 Å². The van der Waals surface area contributed by atoms with Crippen molar-refractivity contribution in [2.45, 2.75) is 84.0 Å². The van der Waals surface area contributed by atoms with Gasteiger partial charge in [0.05, 0.1) is 41.4 Å². The molecule has 4 aromatic rings. The summed E-state index contributed by atoms with van der Waals surface area (Å²) in [6.45, 7) is 11.5. The summed E-state index contributed by atoms with van der Waals surface area (Å²) in [5.74, 6) is -0.296. The van der Waals surface area contributed by atoms with Crippen LogP contribution in [0.15, 0.2) is 41.9 Å². The number of hydrazine groups is 1. The monoisotopic (exact) mass is 727 g/mol. The minimum atomic E-state index is -1.07. The average molecular weight is 728 g/mol. The van der Waals surface area contributed by atoms with Crippen molar-refractivity contribution in [1.29, 1.82) is 0 Å². The van der Waals surface area contributed by atoms with E-state index in [1.54, 1.807) is 12.0 Å². The number of ether oxygens (including phenoxy) is 2. The standard InChI is InChI=1S/C39H49N7O5S/c1-6-45-32-12-11-26-18-28(32)29(35(45)27-10-7-14-40-34(27)25(2)50-5)20-38(3,4)23-51-24-39(22-47)13-8-17-46(43-39)36(48)30(19-33-41-31(26)21-52-33)42-37(49)44-15-9-16-44/h7,10-12,14,18,21-22,25,30,43H,6,8-9,13,15-17,19-20,23-24H2,1-5H3,(H,42,49)/t25-,30-,39-/m0/s1. The van der Waals surface area contributed by atoms with Gasteiger partial charge in [-0.2, -0.15) is 0 Å². The topological polar surface area (TPSA) is 131 Å². The molecule has 0 aliphatic carbocycles. The first-order valence-corrected chi connectivity index (χ1v) is 19.2. The van der Waals surface area contributed by atoms with E-state index in [0.717, 1.165) is 63.4 Å². The SMILES string of the molecule is CCn1c(-c2cccnc2[C@H](C)OC)c2c3cc(ccc31)-c1csc(n1)C[C@H](NC(=O)N1CCC1)C(=O)N1CCC[C@](C=O)(COCC(C)(C)C2)N1. The van der Waals surface area contributed by atoms with Crippen molar-refractivity contribution in [3.05, 3.63) is 58.2 Å². The molecule has 2 saturated heterocycles. The Morgan fingerprint density at radius 2 is 2.04 bits per heavy atom. The van der Waals surface area contributed by atoms with Crippen LogP contribution in [0.3, 0.4) is 0 Å². The summed E-state index contributed by atoms with van der Waals surface area (Å²) in [5.41, 5.74) is 8.92. The van der Waals surface area contributed by atoms with E-state index >= 15 is 0 Å². The zero-order chi connectivity index (χ0) is 36.6. The number of hydrogen-bond acceptors (Lipinski definition) is 9. The molecule has 3 aliphatic rings. The Hall–Kier alpha value is -4.17. The van der Waals surface area contributed by atoms with Crippen molar-refractivity contribution in [2.75, 3.05) is 40.0 Å². The number of amides is 3. The van der Waals surface area contributed by atoms with Gasteiger partial charge in [-0.1, -0.05) is 19.9 Å². The summed E-state index contributed by atoms with van der Waals surface area (Å²) in [4.78, 5) is 51.6. The largest absolute Gasteiger partial charge is 0.378 e. The van der Waals surface area contributed by atoms with E-state index in [4.69, 9.17) is 19.4 Å². The van der Waals surface area contributed by atoms with Crippen LogP contribution in [-0.4, -0.2) is 94.2 Å². The molecule has 1 aromatic carbocycles. The maximum Gasteiger partial charge on any atom is 0.318 e. The summed E-state index contributed by atoms with van der Waals surface area (Å²) in [6.07, 6.45) is 5.48. The highest BCUT2D eigenvalue weighted by Gasteiger charge is 2.40. The van der Waals surface area contributed by atoms with Gasteiger partial charge in [-0.15, -0.1) is 11.3 Å². The first-order valence-electron chi connectivity index (χ1n) is 18.3. The van der Waals surface area contributed by atoms with Crippen molar-refractivity contribution >= 4 is 40.5 Å². The number of aldehydes is 1. The maximum absolute atomic E-state index is 14.1. The molecule has 52 heavy (non-hydrogen) atoms. The number of fused-ring (bicyclic) bond motifs is 6. The maximum atomic E-state index is 14.1. The molecule has 0 spiro atoms. The summed E-state index contributed by atoms with van der Waals surface area (Å²) < 4.78 is 14.6. The van der Waals surface area contributed by atoms with Gasteiger partial charge >= 0.3 is 6.03 Å². The van der Waals surface area contributed by atoms with Crippen LogP contribution in [0.2, 0.25) is 0 Å². The number of rotatable bonds is 6. The normalized spacial score (nSPS) is 22.8. The van der Waals surface area contributed by atoms with Crippen LogP contribution < -0.4 is 10.7 Å². The number of aryl methyl sites for hydroxylation is 1. The predicted octanol–water partition coefficient (Wildman–Crippen LogP) is 5.54. The van der Waals surface area contributed by atoms with Crippen molar-refractivity contribution in [3.8, 4) is 22.5 Å². The van der Waals surface area contributed by atoms with Crippen molar-refractivity contribution in [3.63, 3.8) is 0 Å². The van der Waals surface area contributed by atoms with Gasteiger partial charge in [0.2, 0.25) is 0 Å². The quantitative estimate of drug-likeness (QED) is 0.248. The van der Waals surface area contributed by atoms with E-state index in [1.165, 1.54) is 21.9 Å². The van der Waals surface area contributed by atoms with Gasteiger partial charge in [0, 0.05) is 73.3 Å². The highest BCUT2D eigenvalue weighted by atomic mass is 32.1. The summed E-state index contributed by atoms with van der Waals surface area (Å²) in [5, 5.41) is 8.37. The fourth-order valence-corrected chi connectivity index (χ4v) is 8.52. The molecule has 6 bridgehead atoms. The highest BCUT2D eigenvalue weighted by molar-refractivity contribution is 7.10. The van der Waals surface area contributed by atoms with E-state index in [9.17, 15) is 14.4 Å². The fourth-order valence-electron chi connectivity index (χ4n) is 7.67. The van der Waals surface area contributed by atoms with E-state index < -0.39 is 11.6 Å². The van der Waals surface area contributed by atoms with Crippen molar-refractivity contribution in [2.24, 2.45) is 5.41 Å². The number of aromatic nitrogens is 3. The van der Waals surface area contributed by atoms with Crippen LogP contribution in [0.1, 0.15) is 69.3 Å². The van der Waals surface area contributed by atoms with Gasteiger partial charge in [0.1, 0.15) is 17.9 Å². The van der Waals surface area contributed by atoms with E-state index in [2.05, 4.69) is 60.3 Å². The lowest BCUT2D eigenvalue weighted by molar-refractivity contribution is -0.145. The zero-order valence-electron chi connectivity index (χ0n) is 30.7. The Labute approximate surface area is 308 Å². The van der Waals surface area contributed by atoms with E-state index in [0.29, 0.717) is 45.5 Å². The molecule has 0 radical (unpaired) electrons. The molecule has 3 aromatic heterocycles. The molecule has 7 rings (SSSR count). The Balaban J connectivity index is 1.36. The lowest BCUT2D eigenvalue weighted by Crippen LogP contribution is -2.66. The minimum Gasteiger partial charge on any atom is -0.378 e. The number of methoxy groups -OCH3 is 1. The zero-order valence-corrected chi connectivity index (χ0v) is 31.6. The minimum absolute atomic E-state index is 0.107. The van der Waals surface area contributed by atoms with Crippen LogP contribution in [0.25, 0.3) is 33.4 Å². The fraction of sp³-hybridized carbons (Fsp3) is 0.513. The molecule has 13 heteroatoms. The molecule has 2 fully saturated rings. The summed E-state index contributed by atoms with van der Waals surface area (Å²) >= 11 is 1.48. The van der Waals surface area contributed by atoms with Crippen molar-refractivity contribution in [1.82, 2.24) is 35.2 Å². The number of thiazole rings is 1. The number of benzene rings is 1. The number of hydrogen-bond donors (Lipinski definition) is 2. The van der Waals surface area contributed by atoms with Crippen LogP contribution in [-0.2, 0) is 38.4 Å². The number of carbonyl (C=O) groups is 3. The number of pyridine rings is 1. The molecule has 3 aliphatic heterocycles. The molecule has 3 amide bonds. The first-order chi connectivity index (χ1) is 25.0. The summed E-state index contributed by atoms with van der Waals surface area (Å²) in [7, 11) is 1.71. The van der Waals surface area contributed by atoms with E-state index in [1.807, 2.05) is 24.6 Å². The molecule has 0 saturated carbocycles. The highest BCUT2D eigenvalue weighted by Crippen LogP contribution is 2.42. The second-order valence-electron chi connectivity index (χ2n) is 15.1. The van der Waals surface area contributed by atoms with Crippen LogP contribution in [0, 0.1) is 5.41 Å². The number of nitrogens with one attached hydrogen (secondary N) is 2. The molecule has 6 heterocycles. The number of nitrogens with zero attached hydrogens (tertiary/aromatic N) is 5. The Bertz CT molecular complexity index is 1970. The summed E-state index contributed by atoms with van der Waals surface area (Å²) in [6, 6.07) is 9.49. The van der Waals surface area contributed by atoms with Gasteiger partial charge in [-0.3, -0.25) is 14.8 Å². The molecule has 0 unspecified atom stereocenters. The third kappa shape index (κ3) is 6.99. The number of likely N-dealkylation sites (tertiary alicyclic amines) is 1. The molecular formula is C39H49N7O5S. The molecule has 276 valence electrons. The molecule has 12 nitrogen and oxygen atoms in total. The Kier molecular flexibility index (Phi) is 10.2. The molecule has 2 N–H and O–H groups in total. The van der Waals surface area contributed by atoms with Crippen LogP contribution >= 0.6 is 11.3 Å². The van der Waals surface area contributed by atoms with Gasteiger partial charge in [-0.25, -0.2) is 15.2 Å². The predicted molar refractivity (Wildman–Crippen MR) is 201 cm³/mol. The van der Waals surface area contributed by atoms with Crippen LogP contribution in [0.4, 0.5) is 4.79 Å². The van der Waals surface area contributed by atoms with Gasteiger partial charge in [-0.05, 0) is 74.8 Å². The lowest BCUT2D eigenvalue weighted by atomic mass is 9.84. The Morgan fingerprint density at radius 1 is 1.21 bits per heavy atom. The molecular weight excluding hydrogens is 679 g/mol.